The van der Waals surface area contributed by atoms with Crippen molar-refractivity contribution in [3.63, 3.8) is 0 Å². The van der Waals surface area contributed by atoms with E-state index in [-0.39, 0.29) is 22.0 Å². The highest BCUT2D eigenvalue weighted by atomic mass is 32.2. The van der Waals surface area contributed by atoms with Crippen LogP contribution in [-0.2, 0) is 21.2 Å². The molecular formula is C22H27N3O4S2. The van der Waals surface area contributed by atoms with E-state index < -0.39 is 10.0 Å². The Hall–Kier alpha value is -2.36. The summed E-state index contributed by atoms with van der Waals surface area (Å²) in [4.78, 5) is 29.8. The number of sulfonamides is 1. The van der Waals surface area contributed by atoms with Gasteiger partial charge in [0.05, 0.1) is 15.5 Å². The Kier molecular flexibility index (Phi) is 6.78. The molecule has 166 valence electrons. The predicted molar refractivity (Wildman–Crippen MR) is 123 cm³/mol. The van der Waals surface area contributed by atoms with Crippen LogP contribution < -0.4 is 5.32 Å². The molecule has 0 unspecified atom stereocenters. The summed E-state index contributed by atoms with van der Waals surface area (Å²) in [5, 5.41) is 3.12. The van der Waals surface area contributed by atoms with Gasteiger partial charge in [-0.15, -0.1) is 0 Å². The fourth-order valence-electron chi connectivity index (χ4n) is 3.56. The van der Waals surface area contributed by atoms with Gasteiger partial charge in [-0.2, -0.15) is 4.31 Å². The van der Waals surface area contributed by atoms with Gasteiger partial charge in [-0.3, -0.25) is 14.9 Å². The SMILES string of the molecule is CCN(CC)S(=O)(=O)c1ccc(C=CC(=O)Nc2nc3c(s2)C(=O)CC(C)(C)C3)cc1. The molecule has 0 saturated heterocycles. The van der Waals surface area contributed by atoms with Gasteiger partial charge in [-0.25, -0.2) is 13.4 Å². The van der Waals surface area contributed by atoms with Crippen LogP contribution in [0.5, 0.6) is 0 Å². The van der Waals surface area contributed by atoms with Crippen LogP contribution in [0.1, 0.15) is 55.0 Å². The van der Waals surface area contributed by atoms with Crippen molar-refractivity contribution in [2.24, 2.45) is 5.41 Å². The maximum Gasteiger partial charge on any atom is 0.250 e. The van der Waals surface area contributed by atoms with Crippen molar-refractivity contribution in [1.82, 2.24) is 9.29 Å². The van der Waals surface area contributed by atoms with Gasteiger partial charge < -0.3 is 0 Å². The van der Waals surface area contributed by atoms with Crippen molar-refractivity contribution in [2.45, 2.75) is 45.4 Å². The lowest BCUT2D eigenvalue weighted by Crippen LogP contribution is -2.30. The molecule has 2 aromatic rings. The first-order chi connectivity index (χ1) is 14.6. The molecule has 1 amide bonds. The maximum absolute atomic E-state index is 12.5. The summed E-state index contributed by atoms with van der Waals surface area (Å²) in [5.41, 5.74) is 1.32. The zero-order valence-electron chi connectivity index (χ0n) is 18.1. The Morgan fingerprint density at radius 2 is 1.84 bits per heavy atom. The number of anilines is 1. The molecule has 0 fully saturated rings. The van der Waals surface area contributed by atoms with E-state index in [1.54, 1.807) is 32.1 Å². The van der Waals surface area contributed by atoms with E-state index in [0.29, 0.717) is 41.5 Å². The molecule has 1 aromatic heterocycles. The number of fused-ring (bicyclic) bond motifs is 1. The van der Waals surface area contributed by atoms with Crippen LogP contribution in [0.2, 0.25) is 0 Å². The number of nitrogens with one attached hydrogen (secondary N) is 1. The third kappa shape index (κ3) is 5.28. The lowest BCUT2D eigenvalue weighted by molar-refractivity contribution is -0.111. The van der Waals surface area contributed by atoms with Gasteiger partial charge in [0.1, 0.15) is 0 Å². The highest BCUT2D eigenvalue weighted by molar-refractivity contribution is 7.89. The van der Waals surface area contributed by atoms with Gasteiger partial charge >= 0.3 is 0 Å². The van der Waals surface area contributed by atoms with Crippen LogP contribution in [0.3, 0.4) is 0 Å². The normalized spacial score (nSPS) is 16.0. The molecule has 1 aliphatic rings. The maximum atomic E-state index is 12.5. The van der Waals surface area contributed by atoms with Crippen molar-refractivity contribution in [2.75, 3.05) is 18.4 Å². The number of hydrogen-bond donors (Lipinski definition) is 1. The minimum Gasteiger partial charge on any atom is -0.298 e. The van der Waals surface area contributed by atoms with Crippen LogP contribution in [0, 0.1) is 5.41 Å². The van der Waals surface area contributed by atoms with E-state index in [1.165, 1.54) is 33.9 Å². The zero-order chi connectivity index (χ0) is 22.8. The molecule has 1 aromatic carbocycles. The standard InChI is InChI=1S/C22H27N3O4S2/c1-5-25(6-2)31(28,29)16-10-7-15(8-11-16)9-12-19(27)24-21-23-17-13-22(3,4)14-18(26)20(17)30-21/h7-12H,5-6,13-14H2,1-4H3,(H,23,24,27). The van der Waals surface area contributed by atoms with Crippen molar-refractivity contribution < 1.29 is 18.0 Å². The van der Waals surface area contributed by atoms with Crippen molar-refractivity contribution in [3.8, 4) is 0 Å². The lowest BCUT2D eigenvalue weighted by Gasteiger charge is -2.26. The highest BCUT2D eigenvalue weighted by Gasteiger charge is 2.34. The van der Waals surface area contributed by atoms with Gasteiger partial charge in [-0.05, 0) is 35.6 Å². The van der Waals surface area contributed by atoms with E-state index in [9.17, 15) is 18.0 Å². The first-order valence-corrected chi connectivity index (χ1v) is 12.4. The molecule has 1 aliphatic carbocycles. The number of aromatic nitrogens is 1. The second-order valence-electron chi connectivity index (χ2n) is 8.22. The van der Waals surface area contributed by atoms with Crippen LogP contribution in [0.15, 0.2) is 35.2 Å². The van der Waals surface area contributed by atoms with Gasteiger partial charge in [0.25, 0.3) is 0 Å². The molecule has 9 heteroatoms. The number of carbonyl (C=O) groups excluding carboxylic acids is 2. The second kappa shape index (κ2) is 9.02. The summed E-state index contributed by atoms with van der Waals surface area (Å²) in [6.45, 7) is 8.48. The number of ketones is 1. The van der Waals surface area contributed by atoms with Crippen molar-refractivity contribution >= 4 is 44.3 Å². The third-order valence-electron chi connectivity index (χ3n) is 5.12. The number of carbonyl (C=O) groups is 2. The van der Waals surface area contributed by atoms with Crippen LogP contribution in [0.4, 0.5) is 5.13 Å². The number of nitrogens with zero attached hydrogens (tertiary/aromatic N) is 2. The molecule has 1 heterocycles. The zero-order valence-corrected chi connectivity index (χ0v) is 19.8. The van der Waals surface area contributed by atoms with E-state index in [1.807, 2.05) is 13.8 Å². The molecule has 1 N–H and O–H groups in total. The topological polar surface area (TPSA) is 96.4 Å². The molecule has 0 aliphatic heterocycles. The van der Waals surface area contributed by atoms with E-state index in [4.69, 9.17) is 0 Å². The molecule has 31 heavy (non-hydrogen) atoms. The number of rotatable bonds is 7. The third-order valence-corrected chi connectivity index (χ3v) is 8.23. The summed E-state index contributed by atoms with van der Waals surface area (Å²) in [5.74, 6) is -0.294. The molecule has 7 nitrogen and oxygen atoms in total. The second-order valence-corrected chi connectivity index (χ2v) is 11.2. The van der Waals surface area contributed by atoms with E-state index >= 15 is 0 Å². The Balaban J connectivity index is 1.67. The fourth-order valence-corrected chi connectivity index (χ4v) is 5.94. The van der Waals surface area contributed by atoms with Crippen LogP contribution in [0.25, 0.3) is 6.08 Å². The molecular weight excluding hydrogens is 434 g/mol. The van der Waals surface area contributed by atoms with Crippen molar-refractivity contribution in [3.05, 3.63) is 46.5 Å². The summed E-state index contributed by atoms with van der Waals surface area (Å²) >= 11 is 1.21. The Morgan fingerprint density at radius 1 is 1.19 bits per heavy atom. The largest absolute Gasteiger partial charge is 0.298 e. The molecule has 0 atom stereocenters. The quantitative estimate of drug-likeness (QED) is 0.629. The number of amides is 1. The number of thiazole rings is 1. The number of Topliss-reactive ketones (excluding diaryl/α,β-unsaturated/α-hetero) is 1. The minimum absolute atomic E-state index is 0.0690. The predicted octanol–water partition coefficient (Wildman–Crippen LogP) is 3.98. The van der Waals surface area contributed by atoms with Gasteiger partial charge in [0.15, 0.2) is 10.9 Å². The first-order valence-electron chi connectivity index (χ1n) is 10.2. The van der Waals surface area contributed by atoms with E-state index in [0.717, 1.165) is 5.69 Å². The van der Waals surface area contributed by atoms with Gasteiger partial charge in [0, 0.05) is 25.6 Å². The minimum atomic E-state index is -3.51. The molecule has 0 spiro atoms. The van der Waals surface area contributed by atoms with Crippen LogP contribution in [-0.4, -0.2) is 42.5 Å². The smallest absolute Gasteiger partial charge is 0.250 e. The number of benzene rings is 1. The van der Waals surface area contributed by atoms with Crippen LogP contribution >= 0.6 is 11.3 Å². The summed E-state index contributed by atoms with van der Waals surface area (Å²) in [7, 11) is -3.51. The Bertz CT molecular complexity index is 1110. The average Bonchev–Trinajstić information content (AvgIpc) is 3.08. The monoisotopic (exact) mass is 461 g/mol. The highest BCUT2D eigenvalue weighted by Crippen LogP contribution is 2.38. The summed E-state index contributed by atoms with van der Waals surface area (Å²) < 4.78 is 26.5. The van der Waals surface area contributed by atoms with Gasteiger partial charge in [0.2, 0.25) is 15.9 Å². The fraction of sp³-hybridized carbons (Fsp3) is 0.409. The lowest BCUT2D eigenvalue weighted by atomic mass is 9.78. The molecule has 0 bridgehead atoms. The van der Waals surface area contributed by atoms with Crippen molar-refractivity contribution in [1.29, 1.82) is 0 Å². The number of hydrogen-bond acceptors (Lipinski definition) is 6. The van der Waals surface area contributed by atoms with E-state index in [2.05, 4.69) is 10.3 Å². The molecule has 3 rings (SSSR count). The summed E-state index contributed by atoms with van der Waals surface area (Å²) in [6, 6.07) is 6.38. The summed E-state index contributed by atoms with van der Waals surface area (Å²) in [6.07, 6.45) is 4.15. The van der Waals surface area contributed by atoms with Gasteiger partial charge in [-0.1, -0.05) is 51.2 Å². The molecule has 0 radical (unpaired) electrons. The Labute approximate surface area is 187 Å². The Morgan fingerprint density at radius 3 is 2.45 bits per heavy atom. The first kappa shape index (κ1) is 23.3. The molecule has 0 saturated carbocycles. The average molecular weight is 462 g/mol.